The molecular formula is C15H27NO3. The second-order valence-electron chi connectivity index (χ2n) is 6.29. The maximum atomic E-state index is 11.5. The zero-order valence-corrected chi connectivity index (χ0v) is 12.3. The van der Waals surface area contributed by atoms with E-state index in [1.807, 2.05) is 0 Å². The molecule has 0 aromatic carbocycles. The van der Waals surface area contributed by atoms with Gasteiger partial charge in [-0.3, -0.25) is 9.69 Å². The lowest BCUT2D eigenvalue weighted by Gasteiger charge is -2.47. The van der Waals surface area contributed by atoms with E-state index >= 15 is 0 Å². The van der Waals surface area contributed by atoms with Crippen molar-refractivity contribution in [2.45, 2.75) is 64.6 Å². The Hall–Kier alpha value is -0.610. The van der Waals surface area contributed by atoms with Gasteiger partial charge in [-0.05, 0) is 39.0 Å². The summed E-state index contributed by atoms with van der Waals surface area (Å²) in [4.78, 5) is 13.9. The molecule has 5 atom stereocenters. The Labute approximate surface area is 116 Å². The van der Waals surface area contributed by atoms with E-state index < -0.39 is 5.97 Å². The van der Waals surface area contributed by atoms with Gasteiger partial charge in [0.25, 0.3) is 0 Å². The third kappa shape index (κ3) is 3.29. The van der Waals surface area contributed by atoms with Crippen LogP contribution in [0.3, 0.4) is 0 Å². The molecule has 0 radical (unpaired) electrons. The number of hydrogen-bond acceptors (Lipinski definition) is 3. The first-order chi connectivity index (χ1) is 9.02. The first kappa shape index (κ1) is 14.8. The quantitative estimate of drug-likeness (QED) is 0.854. The molecule has 1 saturated carbocycles. The summed E-state index contributed by atoms with van der Waals surface area (Å²) in [5.41, 5.74) is 0. The number of carboxylic acids is 1. The minimum absolute atomic E-state index is 0.192. The van der Waals surface area contributed by atoms with E-state index in [2.05, 4.69) is 25.7 Å². The number of nitrogens with zero attached hydrogens (tertiary/aromatic N) is 1. The molecule has 0 amide bonds. The number of ether oxygens (including phenoxy) is 1. The van der Waals surface area contributed by atoms with Gasteiger partial charge in [0.2, 0.25) is 0 Å². The Morgan fingerprint density at radius 1 is 1.37 bits per heavy atom. The van der Waals surface area contributed by atoms with Crippen molar-refractivity contribution in [3.05, 3.63) is 0 Å². The van der Waals surface area contributed by atoms with Crippen molar-refractivity contribution in [2.24, 2.45) is 11.8 Å². The van der Waals surface area contributed by atoms with Crippen LogP contribution in [0.5, 0.6) is 0 Å². The Balaban J connectivity index is 2.13. The minimum Gasteiger partial charge on any atom is -0.481 e. The predicted octanol–water partition coefficient (Wildman–Crippen LogP) is 2.38. The standard InChI is InChI=1S/C15H27NO3/c1-4-12-5-6-13(15(17)18)14(7-12)16-8-11(3)19-9-10(16)2/h10-14H,4-9H2,1-3H3,(H,17,18). The third-order valence-corrected chi connectivity index (χ3v) is 4.90. The highest BCUT2D eigenvalue weighted by Gasteiger charge is 2.41. The topological polar surface area (TPSA) is 49.8 Å². The lowest BCUT2D eigenvalue weighted by molar-refractivity contribution is -0.150. The van der Waals surface area contributed by atoms with Crippen LogP contribution in [0.15, 0.2) is 0 Å². The molecule has 0 aromatic rings. The first-order valence-electron chi connectivity index (χ1n) is 7.63. The molecule has 5 unspecified atom stereocenters. The molecule has 0 bridgehead atoms. The maximum Gasteiger partial charge on any atom is 0.308 e. The van der Waals surface area contributed by atoms with Gasteiger partial charge in [-0.1, -0.05) is 13.3 Å². The van der Waals surface area contributed by atoms with Gasteiger partial charge in [0, 0.05) is 18.6 Å². The van der Waals surface area contributed by atoms with Gasteiger partial charge in [0.05, 0.1) is 18.6 Å². The van der Waals surface area contributed by atoms with Crippen LogP contribution >= 0.6 is 0 Å². The molecule has 19 heavy (non-hydrogen) atoms. The molecule has 1 N–H and O–H groups in total. The zero-order chi connectivity index (χ0) is 14.0. The third-order valence-electron chi connectivity index (χ3n) is 4.90. The fourth-order valence-electron chi connectivity index (χ4n) is 3.65. The monoisotopic (exact) mass is 269 g/mol. The fourth-order valence-corrected chi connectivity index (χ4v) is 3.65. The molecule has 4 heteroatoms. The predicted molar refractivity (Wildman–Crippen MR) is 74.1 cm³/mol. The number of morpholine rings is 1. The number of aliphatic carboxylic acids is 1. The van der Waals surface area contributed by atoms with Gasteiger partial charge in [0.15, 0.2) is 0 Å². The summed E-state index contributed by atoms with van der Waals surface area (Å²) in [6.45, 7) is 8.04. The molecule has 1 aliphatic heterocycles. The summed E-state index contributed by atoms with van der Waals surface area (Å²) in [6.07, 6.45) is 4.31. The van der Waals surface area contributed by atoms with Crippen LogP contribution in [0.1, 0.15) is 46.5 Å². The molecule has 1 heterocycles. The first-order valence-corrected chi connectivity index (χ1v) is 7.63. The van der Waals surface area contributed by atoms with Crippen LogP contribution in [0, 0.1) is 11.8 Å². The van der Waals surface area contributed by atoms with E-state index in [0.717, 1.165) is 38.8 Å². The average molecular weight is 269 g/mol. The SMILES string of the molecule is CCC1CCC(C(=O)O)C(N2CC(C)OCC2C)C1. The summed E-state index contributed by atoms with van der Waals surface area (Å²) in [5.74, 6) is -0.132. The highest BCUT2D eigenvalue weighted by molar-refractivity contribution is 5.71. The van der Waals surface area contributed by atoms with E-state index in [1.165, 1.54) is 0 Å². The average Bonchev–Trinajstić information content (AvgIpc) is 2.40. The number of rotatable bonds is 3. The van der Waals surface area contributed by atoms with Gasteiger partial charge in [-0.2, -0.15) is 0 Å². The Bertz CT molecular complexity index is 321. The zero-order valence-electron chi connectivity index (χ0n) is 12.3. The Morgan fingerprint density at radius 3 is 2.74 bits per heavy atom. The van der Waals surface area contributed by atoms with Gasteiger partial charge >= 0.3 is 5.97 Å². The lowest BCUT2D eigenvalue weighted by atomic mass is 9.76. The van der Waals surface area contributed by atoms with Crippen molar-refractivity contribution >= 4 is 5.97 Å². The summed E-state index contributed by atoms with van der Waals surface area (Å²) in [7, 11) is 0. The highest BCUT2D eigenvalue weighted by Crippen LogP contribution is 2.36. The molecule has 0 spiro atoms. The highest BCUT2D eigenvalue weighted by atomic mass is 16.5. The van der Waals surface area contributed by atoms with Crippen molar-refractivity contribution in [1.29, 1.82) is 0 Å². The Kier molecular flexibility index (Phi) is 4.85. The fraction of sp³-hybridized carbons (Fsp3) is 0.933. The number of carbonyl (C=O) groups is 1. The van der Waals surface area contributed by atoms with Gasteiger partial charge in [0.1, 0.15) is 0 Å². The lowest BCUT2D eigenvalue weighted by Crippen LogP contribution is -2.57. The molecule has 2 fully saturated rings. The van der Waals surface area contributed by atoms with Crippen molar-refractivity contribution in [1.82, 2.24) is 4.90 Å². The van der Waals surface area contributed by atoms with Gasteiger partial charge in [-0.15, -0.1) is 0 Å². The van der Waals surface area contributed by atoms with Crippen molar-refractivity contribution < 1.29 is 14.6 Å². The normalized spacial score (nSPS) is 41.1. The van der Waals surface area contributed by atoms with Crippen LogP contribution in [0.4, 0.5) is 0 Å². The van der Waals surface area contributed by atoms with E-state index in [9.17, 15) is 9.90 Å². The van der Waals surface area contributed by atoms with Crippen molar-refractivity contribution in [3.63, 3.8) is 0 Å². The number of hydrogen-bond donors (Lipinski definition) is 1. The van der Waals surface area contributed by atoms with E-state index in [4.69, 9.17) is 4.74 Å². The van der Waals surface area contributed by atoms with Crippen LogP contribution < -0.4 is 0 Å². The molecular weight excluding hydrogens is 242 g/mol. The largest absolute Gasteiger partial charge is 0.481 e. The second kappa shape index (κ2) is 6.23. The Morgan fingerprint density at radius 2 is 2.11 bits per heavy atom. The van der Waals surface area contributed by atoms with Crippen molar-refractivity contribution in [3.8, 4) is 0 Å². The molecule has 2 aliphatic rings. The van der Waals surface area contributed by atoms with E-state index in [0.29, 0.717) is 12.0 Å². The maximum absolute atomic E-state index is 11.5. The van der Waals surface area contributed by atoms with Crippen LogP contribution in [-0.2, 0) is 9.53 Å². The minimum atomic E-state index is -0.620. The summed E-state index contributed by atoms with van der Waals surface area (Å²) < 4.78 is 5.67. The van der Waals surface area contributed by atoms with Crippen LogP contribution in [0.2, 0.25) is 0 Å². The molecule has 1 aliphatic carbocycles. The van der Waals surface area contributed by atoms with Crippen molar-refractivity contribution in [2.75, 3.05) is 13.2 Å². The van der Waals surface area contributed by atoms with E-state index in [1.54, 1.807) is 0 Å². The summed E-state index contributed by atoms with van der Waals surface area (Å²) >= 11 is 0. The van der Waals surface area contributed by atoms with E-state index in [-0.39, 0.29) is 18.1 Å². The van der Waals surface area contributed by atoms with Gasteiger partial charge in [-0.25, -0.2) is 0 Å². The summed E-state index contributed by atoms with van der Waals surface area (Å²) in [6, 6.07) is 0.524. The summed E-state index contributed by atoms with van der Waals surface area (Å²) in [5, 5.41) is 9.49. The molecule has 2 rings (SSSR count). The van der Waals surface area contributed by atoms with Gasteiger partial charge < -0.3 is 9.84 Å². The van der Waals surface area contributed by atoms with Crippen LogP contribution in [-0.4, -0.2) is 47.3 Å². The second-order valence-corrected chi connectivity index (χ2v) is 6.29. The molecule has 4 nitrogen and oxygen atoms in total. The smallest absolute Gasteiger partial charge is 0.308 e. The molecule has 0 aromatic heterocycles. The van der Waals surface area contributed by atoms with Crippen LogP contribution in [0.25, 0.3) is 0 Å². The molecule has 1 saturated heterocycles. The number of carboxylic acid groups (broad SMARTS) is 1. The molecule has 110 valence electrons.